The monoisotopic (exact) mass is 434 g/mol. The number of hydrogen-bond donors (Lipinski definition) is 1. The smallest absolute Gasteiger partial charge is 0.351 e. The number of nitrogens with zero attached hydrogens (tertiary/aromatic N) is 3. The second kappa shape index (κ2) is 7.73. The fourth-order valence-electron chi connectivity index (χ4n) is 4.50. The minimum Gasteiger partial charge on any atom is -0.351 e. The summed E-state index contributed by atoms with van der Waals surface area (Å²) < 4.78 is 63.7. The molecule has 3 fully saturated rings. The van der Waals surface area contributed by atoms with Gasteiger partial charge in [0.15, 0.2) is 15.5 Å². The van der Waals surface area contributed by atoms with Crippen LogP contribution in [0.2, 0.25) is 0 Å². The normalized spacial score (nSPS) is 28.1. The number of carbonyl (C=O) groups is 1. The van der Waals surface area contributed by atoms with Gasteiger partial charge < -0.3 is 10.2 Å². The van der Waals surface area contributed by atoms with Gasteiger partial charge in [0.05, 0.1) is 17.1 Å². The molecular weight excluding hydrogens is 409 g/mol. The van der Waals surface area contributed by atoms with Crippen LogP contribution < -0.4 is 5.32 Å². The van der Waals surface area contributed by atoms with Crippen LogP contribution in [0.25, 0.3) is 0 Å². The number of fused-ring (bicyclic) bond motifs is 2. The summed E-state index contributed by atoms with van der Waals surface area (Å²) in [5, 5.41) is 3.01. The van der Waals surface area contributed by atoms with E-state index in [2.05, 4.69) is 15.3 Å². The van der Waals surface area contributed by atoms with Crippen LogP contribution in [0.3, 0.4) is 0 Å². The predicted molar refractivity (Wildman–Crippen MR) is 101 cm³/mol. The quantitative estimate of drug-likeness (QED) is 0.786. The molecule has 1 amide bonds. The zero-order valence-corrected chi connectivity index (χ0v) is 15.9. The first kappa shape index (κ1) is 21.8. The number of aromatic nitrogens is 2. The highest BCUT2D eigenvalue weighted by Gasteiger charge is 2.42. The Kier molecular flexibility index (Phi) is 5.81. The minimum atomic E-state index is -4.82. The van der Waals surface area contributed by atoms with E-state index >= 15 is 0 Å². The fraction of sp³-hybridized carbons (Fsp3) is 0.722. The van der Waals surface area contributed by atoms with Crippen LogP contribution >= 0.6 is 0 Å². The molecule has 1 saturated heterocycles. The second-order valence-electron chi connectivity index (χ2n) is 7.82. The van der Waals surface area contributed by atoms with Gasteiger partial charge in [-0.05, 0) is 31.1 Å². The van der Waals surface area contributed by atoms with E-state index < -0.39 is 33.2 Å². The van der Waals surface area contributed by atoms with Crippen molar-refractivity contribution in [3.05, 3.63) is 17.5 Å². The first-order valence-corrected chi connectivity index (χ1v) is 11.1. The largest absolute Gasteiger partial charge is 0.434 e. The highest BCUT2D eigenvalue weighted by molar-refractivity contribution is 7.91. The van der Waals surface area contributed by atoms with Crippen LogP contribution in [0.5, 0.6) is 0 Å². The lowest BCUT2D eigenvalue weighted by Gasteiger charge is -2.27. The number of alkyl halides is 3. The van der Waals surface area contributed by atoms with E-state index in [1.165, 1.54) is 0 Å². The first-order chi connectivity index (χ1) is 13.1. The summed E-state index contributed by atoms with van der Waals surface area (Å²) in [5.74, 6) is -0.493. The molecule has 0 radical (unpaired) electrons. The van der Waals surface area contributed by atoms with Crippen LogP contribution in [-0.4, -0.2) is 59.8 Å². The highest BCUT2D eigenvalue weighted by atomic mass is 32.2. The predicted octanol–water partition coefficient (Wildman–Crippen LogP) is 2.60. The van der Waals surface area contributed by atoms with E-state index in [1.54, 1.807) is 0 Å². The van der Waals surface area contributed by atoms with Gasteiger partial charge >= 0.3 is 6.18 Å². The van der Waals surface area contributed by atoms with Crippen molar-refractivity contribution in [3.63, 3.8) is 0 Å². The Labute approximate surface area is 168 Å². The maximum atomic E-state index is 13.6. The van der Waals surface area contributed by atoms with Crippen molar-refractivity contribution in [1.82, 2.24) is 14.9 Å². The lowest BCUT2D eigenvalue weighted by Crippen LogP contribution is -2.44. The summed E-state index contributed by atoms with van der Waals surface area (Å²) >= 11 is 0. The van der Waals surface area contributed by atoms with Gasteiger partial charge in [0.25, 0.3) is 5.91 Å². The molecule has 0 unspecified atom stereocenters. The molecule has 3 aliphatic rings. The SMILES string of the molecule is C.O=C(c1cnc(N[C@H]2C[C@@H]3CC[C@H]2C3)nc1C(F)(F)F)N1CCS(=O)(=O)CC1. The molecule has 7 nitrogen and oxygen atoms in total. The van der Waals surface area contributed by atoms with Gasteiger partial charge in [-0.1, -0.05) is 13.8 Å². The van der Waals surface area contributed by atoms with Gasteiger partial charge in [0.1, 0.15) is 0 Å². The number of sulfone groups is 1. The third-order valence-electron chi connectivity index (χ3n) is 5.97. The van der Waals surface area contributed by atoms with Crippen molar-refractivity contribution in [2.75, 3.05) is 29.9 Å². The third kappa shape index (κ3) is 4.49. The van der Waals surface area contributed by atoms with Gasteiger partial charge in [-0.25, -0.2) is 18.4 Å². The molecule has 4 rings (SSSR count). The van der Waals surface area contributed by atoms with Crippen molar-refractivity contribution >= 4 is 21.7 Å². The van der Waals surface area contributed by atoms with Crippen molar-refractivity contribution in [2.24, 2.45) is 11.8 Å². The van der Waals surface area contributed by atoms with Crippen molar-refractivity contribution < 1.29 is 26.4 Å². The zero-order valence-electron chi connectivity index (χ0n) is 15.1. The summed E-state index contributed by atoms with van der Waals surface area (Å²) in [5.41, 5.74) is -1.93. The van der Waals surface area contributed by atoms with Gasteiger partial charge in [-0.15, -0.1) is 0 Å². The fourth-order valence-corrected chi connectivity index (χ4v) is 5.70. The standard InChI is InChI=1S/C17H21F3N4O3S.CH4/c18-17(19,20)14-12(15(25)24-3-5-28(26,27)6-4-24)9-21-16(23-14)22-13-8-10-1-2-11(13)7-10;/h9-11,13H,1-8H2,(H,21,22,23);1H4/t10-,11+,13+;/m1./s1. The number of rotatable bonds is 3. The summed E-state index contributed by atoms with van der Waals surface area (Å²) in [4.78, 5) is 21.3. The topological polar surface area (TPSA) is 92.3 Å². The van der Waals surface area contributed by atoms with Gasteiger partial charge in [-0.2, -0.15) is 13.2 Å². The van der Waals surface area contributed by atoms with Crippen molar-refractivity contribution in [1.29, 1.82) is 0 Å². The molecule has 1 N–H and O–H groups in total. The number of carbonyl (C=O) groups excluding carboxylic acids is 1. The maximum Gasteiger partial charge on any atom is 0.434 e. The van der Waals surface area contributed by atoms with Crippen LogP contribution in [0.4, 0.5) is 19.1 Å². The number of halogens is 3. The van der Waals surface area contributed by atoms with E-state index in [4.69, 9.17) is 0 Å². The Balaban J connectivity index is 0.00000240. The first-order valence-electron chi connectivity index (χ1n) is 9.33. The molecule has 11 heteroatoms. The number of amides is 1. The Bertz CT molecular complexity index is 877. The van der Waals surface area contributed by atoms with E-state index in [1.807, 2.05) is 0 Å². The summed E-state index contributed by atoms with van der Waals surface area (Å²) in [6.45, 7) is -0.271. The molecule has 0 aromatic carbocycles. The van der Waals surface area contributed by atoms with Crippen LogP contribution in [0, 0.1) is 11.8 Å². The molecule has 162 valence electrons. The molecule has 2 bridgehead atoms. The maximum absolute atomic E-state index is 13.6. The van der Waals surface area contributed by atoms with Gasteiger partial charge in [0.2, 0.25) is 5.95 Å². The third-order valence-corrected chi connectivity index (χ3v) is 7.58. The van der Waals surface area contributed by atoms with Crippen molar-refractivity contribution in [2.45, 2.75) is 45.3 Å². The summed E-state index contributed by atoms with van der Waals surface area (Å²) in [6.07, 6.45) is 0.285. The zero-order chi connectivity index (χ0) is 20.1. The number of anilines is 1. The molecule has 29 heavy (non-hydrogen) atoms. The molecule has 0 spiro atoms. The summed E-state index contributed by atoms with van der Waals surface area (Å²) in [6, 6.07) is 0.0636. The lowest BCUT2D eigenvalue weighted by atomic mass is 9.95. The van der Waals surface area contributed by atoms with Gasteiger partial charge in [0, 0.05) is 25.3 Å². The Hall–Kier alpha value is -1.91. The average Bonchev–Trinajstić information content (AvgIpc) is 3.23. The van der Waals surface area contributed by atoms with Crippen LogP contribution in [0.15, 0.2) is 6.20 Å². The Morgan fingerprint density at radius 3 is 2.41 bits per heavy atom. The van der Waals surface area contributed by atoms with E-state index in [-0.39, 0.29) is 44.0 Å². The molecule has 2 heterocycles. The lowest BCUT2D eigenvalue weighted by molar-refractivity contribution is -0.141. The Morgan fingerprint density at radius 1 is 1.17 bits per heavy atom. The molecule has 1 aromatic rings. The molecule has 1 aromatic heterocycles. The van der Waals surface area contributed by atoms with Crippen molar-refractivity contribution in [3.8, 4) is 0 Å². The molecular formula is C18H25F3N4O3S. The Morgan fingerprint density at radius 2 is 1.86 bits per heavy atom. The van der Waals surface area contributed by atoms with E-state index in [0.29, 0.717) is 11.8 Å². The van der Waals surface area contributed by atoms with Crippen LogP contribution in [0.1, 0.15) is 49.2 Å². The number of nitrogens with one attached hydrogen (secondary N) is 1. The van der Waals surface area contributed by atoms with Crippen LogP contribution in [-0.2, 0) is 16.0 Å². The molecule has 3 atom stereocenters. The minimum absolute atomic E-state index is 0. The second-order valence-corrected chi connectivity index (χ2v) is 10.1. The van der Waals surface area contributed by atoms with Gasteiger partial charge in [-0.3, -0.25) is 4.79 Å². The highest BCUT2D eigenvalue weighted by Crippen LogP contribution is 2.45. The molecule has 1 aliphatic heterocycles. The number of hydrogen-bond acceptors (Lipinski definition) is 6. The summed E-state index contributed by atoms with van der Waals surface area (Å²) in [7, 11) is -3.25. The average molecular weight is 434 g/mol. The molecule has 2 aliphatic carbocycles. The van der Waals surface area contributed by atoms with E-state index in [9.17, 15) is 26.4 Å². The molecule has 2 saturated carbocycles. The van der Waals surface area contributed by atoms with E-state index in [0.717, 1.165) is 36.8 Å².